The van der Waals surface area contributed by atoms with Crippen LogP contribution in [0.1, 0.15) is 11.1 Å². The minimum absolute atomic E-state index is 0.0666. The summed E-state index contributed by atoms with van der Waals surface area (Å²) in [4.78, 5) is 9.72. The number of non-ortho nitro benzene ring substituents is 1. The Bertz CT molecular complexity index is 739. The van der Waals surface area contributed by atoms with Gasteiger partial charge in [0.1, 0.15) is 0 Å². The van der Waals surface area contributed by atoms with E-state index in [-0.39, 0.29) is 17.2 Å². The van der Waals surface area contributed by atoms with Crippen LogP contribution in [0.3, 0.4) is 0 Å². The number of nitro benzene ring substituents is 1. The number of hydrogen-bond acceptors (Lipinski definition) is 5. The van der Waals surface area contributed by atoms with E-state index in [1.54, 1.807) is 24.3 Å². The van der Waals surface area contributed by atoms with Crippen molar-refractivity contribution in [3.8, 4) is 0 Å². The SMILES string of the molecule is Cc1ccc(S(=O)(=O)O)cc1.O=[N+]([O-])c1ccc(CCO)cc1. The Labute approximate surface area is 134 Å². The zero-order chi connectivity index (χ0) is 17.5. The molecule has 0 aromatic heterocycles. The van der Waals surface area contributed by atoms with Gasteiger partial charge in [-0.05, 0) is 31.0 Å². The summed E-state index contributed by atoms with van der Waals surface area (Å²) < 4.78 is 29.6. The average Bonchev–Trinajstić information content (AvgIpc) is 2.48. The molecule has 0 aliphatic carbocycles. The Balaban J connectivity index is 0.000000231. The fourth-order valence-electron chi connectivity index (χ4n) is 1.62. The lowest BCUT2D eigenvalue weighted by Crippen LogP contribution is -1.96. The highest BCUT2D eigenvalue weighted by atomic mass is 32.2. The topological polar surface area (TPSA) is 118 Å². The summed E-state index contributed by atoms with van der Waals surface area (Å²) >= 11 is 0. The molecule has 2 rings (SSSR count). The minimum Gasteiger partial charge on any atom is -0.396 e. The fourth-order valence-corrected chi connectivity index (χ4v) is 2.10. The van der Waals surface area contributed by atoms with Crippen molar-refractivity contribution < 1.29 is 23.0 Å². The maximum Gasteiger partial charge on any atom is 0.294 e. The number of hydrogen-bond donors (Lipinski definition) is 2. The Hall–Kier alpha value is -2.29. The van der Waals surface area contributed by atoms with Crippen molar-refractivity contribution in [1.82, 2.24) is 0 Å². The van der Waals surface area contributed by atoms with E-state index in [1.165, 1.54) is 24.3 Å². The van der Waals surface area contributed by atoms with Crippen LogP contribution in [0.5, 0.6) is 0 Å². The van der Waals surface area contributed by atoms with Crippen molar-refractivity contribution in [3.05, 3.63) is 69.8 Å². The molecule has 0 spiro atoms. The number of aryl methyl sites for hydroxylation is 1. The molecule has 7 nitrogen and oxygen atoms in total. The van der Waals surface area contributed by atoms with Gasteiger partial charge in [0.2, 0.25) is 0 Å². The molecule has 2 N–H and O–H groups in total. The summed E-state index contributed by atoms with van der Waals surface area (Å²) in [6.07, 6.45) is 0.540. The maximum atomic E-state index is 10.5. The van der Waals surface area contributed by atoms with Gasteiger partial charge in [-0.3, -0.25) is 14.7 Å². The summed E-state index contributed by atoms with van der Waals surface area (Å²) in [6.45, 7) is 1.91. The van der Waals surface area contributed by atoms with E-state index in [4.69, 9.17) is 9.66 Å². The van der Waals surface area contributed by atoms with Gasteiger partial charge in [-0.15, -0.1) is 0 Å². The lowest BCUT2D eigenvalue weighted by molar-refractivity contribution is -0.384. The van der Waals surface area contributed by atoms with Gasteiger partial charge < -0.3 is 5.11 Å². The molecular formula is C15H17NO6S. The molecule has 0 bridgehead atoms. The summed E-state index contributed by atoms with van der Waals surface area (Å²) in [5, 5.41) is 18.8. The average molecular weight is 339 g/mol. The number of nitro groups is 1. The first kappa shape index (κ1) is 18.8. The predicted molar refractivity (Wildman–Crippen MR) is 84.9 cm³/mol. The van der Waals surface area contributed by atoms with Crippen molar-refractivity contribution in [2.75, 3.05) is 6.61 Å². The number of aliphatic hydroxyl groups is 1. The number of aliphatic hydroxyl groups excluding tert-OH is 1. The molecule has 0 saturated carbocycles. The molecule has 0 atom stereocenters. The van der Waals surface area contributed by atoms with Crippen LogP contribution in [0.15, 0.2) is 53.4 Å². The van der Waals surface area contributed by atoms with E-state index < -0.39 is 15.0 Å². The lowest BCUT2D eigenvalue weighted by Gasteiger charge is -1.95. The molecule has 23 heavy (non-hydrogen) atoms. The van der Waals surface area contributed by atoms with Crippen LogP contribution in [0.4, 0.5) is 5.69 Å². The fraction of sp³-hybridized carbons (Fsp3) is 0.200. The third-order valence-electron chi connectivity index (χ3n) is 2.87. The van der Waals surface area contributed by atoms with Gasteiger partial charge in [0.05, 0.1) is 9.82 Å². The highest BCUT2D eigenvalue weighted by Gasteiger charge is 2.06. The second-order valence-corrected chi connectivity index (χ2v) is 6.11. The molecule has 0 unspecified atom stereocenters. The van der Waals surface area contributed by atoms with E-state index in [0.717, 1.165) is 11.1 Å². The van der Waals surface area contributed by atoms with Gasteiger partial charge in [0, 0.05) is 18.7 Å². The molecule has 0 amide bonds. The van der Waals surface area contributed by atoms with Crippen LogP contribution in [-0.4, -0.2) is 29.6 Å². The van der Waals surface area contributed by atoms with E-state index in [0.29, 0.717) is 6.42 Å². The Morgan fingerprint density at radius 1 is 1.04 bits per heavy atom. The Morgan fingerprint density at radius 3 is 1.96 bits per heavy atom. The number of benzene rings is 2. The molecule has 0 aliphatic rings. The molecule has 2 aromatic rings. The molecule has 0 radical (unpaired) electrons. The molecule has 2 aromatic carbocycles. The highest BCUT2D eigenvalue weighted by Crippen LogP contribution is 2.11. The molecule has 0 aliphatic heterocycles. The first-order valence-corrected chi connectivity index (χ1v) is 8.06. The Kier molecular flexibility index (Phi) is 6.83. The van der Waals surface area contributed by atoms with Crippen molar-refractivity contribution >= 4 is 15.8 Å². The van der Waals surface area contributed by atoms with Crippen molar-refractivity contribution in [3.63, 3.8) is 0 Å². The van der Waals surface area contributed by atoms with Crippen LogP contribution in [0.2, 0.25) is 0 Å². The molecule has 0 saturated heterocycles. The van der Waals surface area contributed by atoms with Gasteiger partial charge in [-0.25, -0.2) is 0 Å². The largest absolute Gasteiger partial charge is 0.396 e. The van der Waals surface area contributed by atoms with Gasteiger partial charge in [0.15, 0.2) is 0 Å². The third-order valence-corrected chi connectivity index (χ3v) is 3.73. The van der Waals surface area contributed by atoms with Crippen molar-refractivity contribution in [1.29, 1.82) is 0 Å². The van der Waals surface area contributed by atoms with Crippen molar-refractivity contribution in [2.45, 2.75) is 18.2 Å². The van der Waals surface area contributed by atoms with Crippen LogP contribution in [0, 0.1) is 17.0 Å². The maximum absolute atomic E-state index is 10.5. The van der Waals surface area contributed by atoms with E-state index in [2.05, 4.69) is 0 Å². The van der Waals surface area contributed by atoms with E-state index >= 15 is 0 Å². The van der Waals surface area contributed by atoms with Gasteiger partial charge in [-0.2, -0.15) is 8.42 Å². The molecule has 124 valence electrons. The van der Waals surface area contributed by atoms with Crippen LogP contribution < -0.4 is 0 Å². The third kappa shape index (κ3) is 6.55. The van der Waals surface area contributed by atoms with Crippen molar-refractivity contribution in [2.24, 2.45) is 0 Å². The first-order chi connectivity index (χ1) is 10.7. The molecule has 8 heteroatoms. The van der Waals surface area contributed by atoms with E-state index in [9.17, 15) is 18.5 Å². The summed E-state index contributed by atoms with van der Waals surface area (Å²) in [6, 6.07) is 12.2. The lowest BCUT2D eigenvalue weighted by atomic mass is 10.1. The molecule has 0 heterocycles. The second kappa shape index (κ2) is 8.37. The molecule has 0 fully saturated rings. The smallest absolute Gasteiger partial charge is 0.294 e. The van der Waals surface area contributed by atoms with Gasteiger partial charge >= 0.3 is 0 Å². The van der Waals surface area contributed by atoms with Crippen LogP contribution in [0.25, 0.3) is 0 Å². The van der Waals surface area contributed by atoms with Crippen LogP contribution in [-0.2, 0) is 16.5 Å². The summed E-state index contributed by atoms with van der Waals surface area (Å²) in [7, 11) is -4.02. The van der Waals surface area contributed by atoms with Gasteiger partial charge in [0.25, 0.3) is 15.8 Å². The summed E-state index contributed by atoms with van der Waals surface area (Å²) in [5.41, 5.74) is 1.94. The zero-order valence-corrected chi connectivity index (χ0v) is 13.2. The van der Waals surface area contributed by atoms with Gasteiger partial charge in [-0.1, -0.05) is 29.8 Å². The second-order valence-electron chi connectivity index (χ2n) is 4.69. The van der Waals surface area contributed by atoms with E-state index in [1.807, 2.05) is 6.92 Å². The standard InChI is InChI=1S/C8H9NO3.C7H8O3S/c10-6-5-7-1-3-8(4-2-7)9(11)12;1-6-2-4-7(5-3-6)11(8,9)10/h1-4,10H,5-6H2;2-5H,1H3,(H,8,9,10). The molecular weight excluding hydrogens is 322 g/mol. The van der Waals surface area contributed by atoms with Crippen LogP contribution >= 0.6 is 0 Å². The first-order valence-electron chi connectivity index (χ1n) is 6.62. The number of nitrogens with zero attached hydrogens (tertiary/aromatic N) is 1. The highest BCUT2D eigenvalue weighted by molar-refractivity contribution is 7.85. The quantitative estimate of drug-likeness (QED) is 0.501. The zero-order valence-electron chi connectivity index (χ0n) is 12.4. The monoisotopic (exact) mass is 339 g/mol. The normalized spacial score (nSPS) is 10.6. The minimum atomic E-state index is -4.02. The predicted octanol–water partition coefficient (Wildman–Crippen LogP) is 2.37. The Morgan fingerprint density at radius 2 is 1.57 bits per heavy atom. The summed E-state index contributed by atoms with van der Waals surface area (Å²) in [5.74, 6) is 0. The number of rotatable bonds is 4.